The van der Waals surface area contributed by atoms with Gasteiger partial charge in [0.25, 0.3) is 0 Å². The van der Waals surface area contributed by atoms with Gasteiger partial charge in [-0.3, -0.25) is 0 Å². The summed E-state index contributed by atoms with van der Waals surface area (Å²) in [4.78, 5) is 20.7. The van der Waals surface area contributed by atoms with Gasteiger partial charge in [-0.2, -0.15) is 0 Å². The van der Waals surface area contributed by atoms with Gasteiger partial charge in [0.1, 0.15) is 0 Å². The number of rotatable bonds is 2. The molecule has 1 rings (SSSR count). The van der Waals surface area contributed by atoms with Gasteiger partial charge in [0.05, 0.1) is 0 Å². The summed E-state index contributed by atoms with van der Waals surface area (Å²) in [5, 5.41) is 20.7. The van der Waals surface area contributed by atoms with Gasteiger partial charge < -0.3 is 19.8 Å². The zero-order chi connectivity index (χ0) is 9.14. The number of hydrogen-bond acceptors (Lipinski definition) is 4. The summed E-state index contributed by atoms with van der Waals surface area (Å²) in [6.45, 7) is 0. The van der Waals surface area contributed by atoms with Gasteiger partial charge in [0.15, 0.2) is 0 Å². The number of carboxylic acid groups (broad SMARTS) is 2. The number of hydrogen-bond donors (Lipinski definition) is 0. The summed E-state index contributed by atoms with van der Waals surface area (Å²) >= 11 is 0. The summed E-state index contributed by atoms with van der Waals surface area (Å²) in [5.74, 6) is -3.04. The molecule has 0 bridgehead atoms. The van der Waals surface area contributed by atoms with Crippen LogP contribution < -0.4 is 10.2 Å². The number of carbonyl (C=O) groups excluding carboxylic acids is 2. The third-order valence-corrected chi connectivity index (χ3v) is 2.39. The summed E-state index contributed by atoms with van der Waals surface area (Å²) in [7, 11) is 0. The average molecular weight is 234 g/mol. The van der Waals surface area contributed by atoms with Crippen LogP contribution in [0.1, 0.15) is 25.7 Å². The Morgan fingerprint density at radius 1 is 0.846 bits per heavy atom. The van der Waals surface area contributed by atoms with Crippen molar-refractivity contribution < 1.29 is 36.9 Å². The van der Waals surface area contributed by atoms with Crippen LogP contribution in [0.4, 0.5) is 0 Å². The van der Waals surface area contributed by atoms with Crippen LogP contribution >= 0.6 is 0 Å². The minimum absolute atomic E-state index is 0. The molecule has 0 saturated heterocycles. The van der Waals surface area contributed by atoms with E-state index in [4.69, 9.17) is 0 Å². The first-order valence-electron chi connectivity index (χ1n) is 4.03. The van der Waals surface area contributed by atoms with E-state index < -0.39 is 23.8 Å². The Labute approximate surface area is 86.8 Å². The van der Waals surface area contributed by atoms with Crippen molar-refractivity contribution in [3.8, 4) is 0 Å². The van der Waals surface area contributed by atoms with E-state index in [0.717, 1.165) is 0 Å². The number of carboxylic acids is 2. The second-order valence-corrected chi connectivity index (χ2v) is 3.19. The first-order valence-corrected chi connectivity index (χ1v) is 4.03. The van der Waals surface area contributed by atoms with Crippen molar-refractivity contribution in [2.45, 2.75) is 25.7 Å². The van der Waals surface area contributed by atoms with Crippen LogP contribution in [0.2, 0.25) is 0 Å². The van der Waals surface area contributed by atoms with Crippen LogP contribution in [0, 0.1) is 11.8 Å². The monoisotopic (exact) mass is 233 g/mol. The van der Waals surface area contributed by atoms with E-state index in [2.05, 4.69) is 0 Å². The standard InChI is InChI=1S/C8H12O4.Cu/c9-7(10)5-1-2-6(4-3-5)8(11)12;/h5-6H,1-4H2,(H,9,10)(H,11,12);/q;+2/p-2/t5-,6-;. The second kappa shape index (κ2) is 5.25. The summed E-state index contributed by atoms with van der Waals surface area (Å²) in [6.07, 6.45) is 1.62. The summed E-state index contributed by atoms with van der Waals surface area (Å²) in [5.41, 5.74) is 0. The van der Waals surface area contributed by atoms with E-state index in [0.29, 0.717) is 25.7 Å². The molecule has 0 aromatic rings. The van der Waals surface area contributed by atoms with Crippen LogP contribution in [0.5, 0.6) is 0 Å². The molecule has 4 nitrogen and oxygen atoms in total. The Balaban J connectivity index is 0.00000144. The Morgan fingerprint density at radius 3 is 1.23 bits per heavy atom. The Hall–Kier alpha value is -0.541. The van der Waals surface area contributed by atoms with Crippen molar-refractivity contribution in [2.24, 2.45) is 11.8 Å². The zero-order valence-electron chi connectivity index (χ0n) is 6.92. The maximum atomic E-state index is 10.4. The Kier molecular flexibility index (Phi) is 5.03. The molecule has 1 fully saturated rings. The van der Waals surface area contributed by atoms with Crippen molar-refractivity contribution >= 4 is 11.9 Å². The quantitative estimate of drug-likeness (QED) is 0.532. The van der Waals surface area contributed by atoms with E-state index in [-0.39, 0.29) is 17.1 Å². The first kappa shape index (κ1) is 12.5. The Bertz CT molecular complexity index is 174. The Morgan fingerprint density at radius 2 is 1.08 bits per heavy atom. The molecule has 1 aliphatic carbocycles. The van der Waals surface area contributed by atoms with E-state index in [1.807, 2.05) is 0 Å². The van der Waals surface area contributed by atoms with Crippen molar-refractivity contribution in [1.29, 1.82) is 0 Å². The van der Waals surface area contributed by atoms with Crippen molar-refractivity contribution in [1.82, 2.24) is 0 Å². The van der Waals surface area contributed by atoms with Crippen LogP contribution in [-0.2, 0) is 26.7 Å². The van der Waals surface area contributed by atoms with Crippen molar-refractivity contribution in [2.75, 3.05) is 0 Å². The molecule has 1 saturated carbocycles. The minimum atomic E-state index is -1.06. The molecule has 0 heterocycles. The van der Waals surface area contributed by atoms with Gasteiger partial charge in [0, 0.05) is 11.9 Å². The van der Waals surface area contributed by atoms with Crippen LogP contribution in [0.3, 0.4) is 0 Å². The van der Waals surface area contributed by atoms with Crippen molar-refractivity contribution in [3.63, 3.8) is 0 Å². The molecular formula is C8H10CuO4. The maximum Gasteiger partial charge on any atom is 2.00 e. The molecule has 1 radical (unpaired) electrons. The topological polar surface area (TPSA) is 80.3 Å². The SMILES string of the molecule is O=C([O-])[C@H]1CC[C@H](C(=O)[O-])CC1.[Cu+2]. The molecule has 0 aromatic carbocycles. The number of carbonyl (C=O) groups is 2. The zero-order valence-corrected chi connectivity index (χ0v) is 7.86. The summed E-state index contributed by atoms with van der Waals surface area (Å²) in [6, 6.07) is 0. The third-order valence-electron chi connectivity index (χ3n) is 2.39. The molecule has 5 heteroatoms. The average Bonchev–Trinajstić information content (AvgIpc) is 2.04. The predicted octanol–water partition coefficient (Wildman–Crippen LogP) is -1.71. The van der Waals surface area contributed by atoms with Crippen molar-refractivity contribution in [3.05, 3.63) is 0 Å². The molecule has 0 aromatic heterocycles. The predicted molar refractivity (Wildman–Crippen MR) is 35.5 cm³/mol. The molecule has 77 valence electrons. The van der Waals surface area contributed by atoms with E-state index in [1.54, 1.807) is 0 Å². The summed E-state index contributed by atoms with van der Waals surface area (Å²) < 4.78 is 0. The van der Waals surface area contributed by atoms with Gasteiger partial charge in [-0.25, -0.2) is 0 Å². The minimum Gasteiger partial charge on any atom is -0.550 e. The van der Waals surface area contributed by atoms with Crippen LogP contribution in [0.15, 0.2) is 0 Å². The maximum absolute atomic E-state index is 10.4. The van der Waals surface area contributed by atoms with E-state index in [9.17, 15) is 19.8 Å². The molecule has 0 spiro atoms. The van der Waals surface area contributed by atoms with Crippen LogP contribution in [-0.4, -0.2) is 11.9 Å². The first-order chi connectivity index (χ1) is 5.61. The van der Waals surface area contributed by atoms with Gasteiger partial charge in [0.2, 0.25) is 0 Å². The van der Waals surface area contributed by atoms with Crippen LogP contribution in [0.25, 0.3) is 0 Å². The molecule has 13 heavy (non-hydrogen) atoms. The molecule has 0 amide bonds. The fourth-order valence-electron chi connectivity index (χ4n) is 1.56. The molecule has 0 N–H and O–H groups in total. The fourth-order valence-corrected chi connectivity index (χ4v) is 1.56. The smallest absolute Gasteiger partial charge is 0.550 e. The van der Waals surface area contributed by atoms with Gasteiger partial charge >= 0.3 is 17.1 Å². The third kappa shape index (κ3) is 3.36. The molecule has 0 atom stereocenters. The van der Waals surface area contributed by atoms with Gasteiger partial charge in [-0.05, 0) is 37.5 Å². The molecule has 0 aliphatic heterocycles. The van der Waals surface area contributed by atoms with Gasteiger partial charge in [-0.1, -0.05) is 0 Å². The normalized spacial score (nSPS) is 27.4. The number of aliphatic carboxylic acids is 2. The van der Waals surface area contributed by atoms with Gasteiger partial charge in [-0.15, -0.1) is 0 Å². The molecule has 1 aliphatic rings. The van der Waals surface area contributed by atoms with E-state index >= 15 is 0 Å². The molecule has 0 unspecified atom stereocenters. The second-order valence-electron chi connectivity index (χ2n) is 3.19. The molecular weight excluding hydrogens is 224 g/mol. The van der Waals surface area contributed by atoms with E-state index in [1.165, 1.54) is 0 Å². The largest absolute Gasteiger partial charge is 2.00 e. The fraction of sp³-hybridized carbons (Fsp3) is 0.750.